The summed E-state index contributed by atoms with van der Waals surface area (Å²) in [6, 6.07) is 2.82. The lowest BCUT2D eigenvalue weighted by atomic mass is 10.2. The summed E-state index contributed by atoms with van der Waals surface area (Å²) in [4.78, 5) is 13.5. The van der Waals surface area contributed by atoms with E-state index in [1.54, 1.807) is 0 Å². The molecule has 0 radical (unpaired) electrons. The average Bonchev–Trinajstić information content (AvgIpc) is 2.04. The molecule has 0 aliphatic heterocycles. The maximum atomic E-state index is 10.2. The van der Waals surface area contributed by atoms with Gasteiger partial charge in [-0.1, -0.05) is 0 Å². The van der Waals surface area contributed by atoms with Crippen LogP contribution in [0.25, 0.3) is 0 Å². The molecule has 0 saturated heterocycles. The van der Waals surface area contributed by atoms with E-state index >= 15 is 0 Å². The number of hydrogen-bond acceptors (Lipinski definition) is 4. The first-order valence-corrected chi connectivity index (χ1v) is 3.52. The molecule has 0 amide bonds. The lowest BCUT2D eigenvalue weighted by Gasteiger charge is -1.96. The number of amidine groups is 1. The Balaban J connectivity index is 2.81. The predicted molar refractivity (Wildman–Crippen MR) is 46.5 cm³/mol. The highest BCUT2D eigenvalue weighted by Gasteiger charge is 2.05. The Morgan fingerprint density at radius 1 is 1.69 bits per heavy atom. The van der Waals surface area contributed by atoms with Gasteiger partial charge in [0.05, 0.1) is 10.8 Å². The summed E-state index contributed by atoms with van der Waals surface area (Å²) in [6.07, 6.45) is 1.37. The summed E-state index contributed by atoms with van der Waals surface area (Å²) in [5.74, 6) is -0.0126. The van der Waals surface area contributed by atoms with Crippen LogP contribution < -0.4 is 5.73 Å². The highest BCUT2D eigenvalue weighted by molar-refractivity contribution is 5.78. The molecule has 1 aromatic heterocycles. The summed E-state index contributed by atoms with van der Waals surface area (Å²) in [5.41, 5.74) is 5.62. The van der Waals surface area contributed by atoms with Crippen LogP contribution in [0.15, 0.2) is 18.3 Å². The third kappa shape index (κ3) is 2.51. The fourth-order valence-electron chi connectivity index (χ4n) is 0.824. The minimum absolute atomic E-state index is 0.0126. The van der Waals surface area contributed by atoms with Crippen molar-refractivity contribution in [3.8, 4) is 0 Å². The number of nitrogens with two attached hydrogens (primary N) is 1. The van der Waals surface area contributed by atoms with Crippen molar-refractivity contribution in [2.75, 3.05) is 0 Å². The van der Waals surface area contributed by atoms with Crippen LogP contribution in [-0.2, 0) is 6.42 Å². The second-order valence-corrected chi connectivity index (χ2v) is 2.47. The van der Waals surface area contributed by atoms with Gasteiger partial charge in [0.15, 0.2) is 0 Å². The zero-order valence-electron chi connectivity index (χ0n) is 6.73. The van der Waals surface area contributed by atoms with Crippen LogP contribution in [0.5, 0.6) is 0 Å². The molecular weight excluding hydrogens is 172 g/mol. The molecule has 6 heteroatoms. The van der Waals surface area contributed by atoms with E-state index in [0.717, 1.165) is 6.20 Å². The quantitative estimate of drug-likeness (QED) is 0.305. The van der Waals surface area contributed by atoms with Gasteiger partial charge in [0.1, 0.15) is 6.20 Å². The molecule has 0 aromatic carbocycles. The molecule has 0 spiro atoms. The molecule has 0 bridgehead atoms. The van der Waals surface area contributed by atoms with Crippen molar-refractivity contribution in [1.29, 1.82) is 5.41 Å². The Bertz CT molecular complexity index is 333. The highest BCUT2D eigenvalue weighted by Crippen LogP contribution is 2.08. The Kier molecular flexibility index (Phi) is 2.53. The maximum absolute atomic E-state index is 10.2. The standard InChI is InChI=1S/C7H8N4O2/c8-7(9)3-5-1-2-6(4-10-5)11(12)13/h1-2,4H,3H2,(H3,8,9). The van der Waals surface area contributed by atoms with E-state index in [0.29, 0.717) is 5.69 Å². The second kappa shape index (κ2) is 3.61. The van der Waals surface area contributed by atoms with Crippen molar-refractivity contribution in [3.63, 3.8) is 0 Å². The first-order valence-electron chi connectivity index (χ1n) is 3.52. The normalized spacial score (nSPS) is 9.54. The molecular formula is C7H8N4O2. The summed E-state index contributed by atoms with van der Waals surface area (Å²) in [5, 5.41) is 17.2. The number of nitrogens with one attached hydrogen (secondary N) is 1. The molecule has 1 rings (SSSR count). The van der Waals surface area contributed by atoms with Gasteiger partial charge in [-0.25, -0.2) is 0 Å². The molecule has 0 aliphatic rings. The van der Waals surface area contributed by atoms with Crippen molar-refractivity contribution in [2.45, 2.75) is 6.42 Å². The molecule has 68 valence electrons. The van der Waals surface area contributed by atoms with Gasteiger partial charge in [-0.3, -0.25) is 20.5 Å². The Morgan fingerprint density at radius 3 is 2.77 bits per heavy atom. The van der Waals surface area contributed by atoms with Gasteiger partial charge < -0.3 is 5.73 Å². The minimum Gasteiger partial charge on any atom is -0.387 e. The van der Waals surface area contributed by atoms with Gasteiger partial charge >= 0.3 is 0 Å². The molecule has 0 aliphatic carbocycles. The van der Waals surface area contributed by atoms with Gasteiger partial charge in [0, 0.05) is 18.2 Å². The van der Waals surface area contributed by atoms with Crippen LogP contribution in [-0.4, -0.2) is 15.7 Å². The molecule has 0 atom stereocenters. The zero-order chi connectivity index (χ0) is 9.84. The molecule has 0 fully saturated rings. The van der Waals surface area contributed by atoms with Crippen molar-refractivity contribution >= 4 is 11.5 Å². The second-order valence-electron chi connectivity index (χ2n) is 2.47. The molecule has 1 heterocycles. The lowest BCUT2D eigenvalue weighted by Crippen LogP contribution is -2.13. The summed E-state index contributed by atoms with van der Waals surface area (Å²) >= 11 is 0. The topological polar surface area (TPSA) is 106 Å². The molecule has 0 saturated carbocycles. The largest absolute Gasteiger partial charge is 0.387 e. The first-order chi connectivity index (χ1) is 6.09. The number of nitro groups is 1. The third-order valence-corrected chi connectivity index (χ3v) is 1.39. The van der Waals surface area contributed by atoms with Gasteiger partial charge in [0.2, 0.25) is 0 Å². The minimum atomic E-state index is -0.523. The van der Waals surface area contributed by atoms with Crippen LogP contribution in [0.2, 0.25) is 0 Å². The number of pyridine rings is 1. The van der Waals surface area contributed by atoms with Gasteiger partial charge in [-0.2, -0.15) is 0 Å². The predicted octanol–water partition coefficient (Wildman–Crippen LogP) is 0.468. The van der Waals surface area contributed by atoms with E-state index < -0.39 is 4.92 Å². The number of nitrogens with zero attached hydrogens (tertiary/aromatic N) is 2. The fourth-order valence-corrected chi connectivity index (χ4v) is 0.824. The van der Waals surface area contributed by atoms with Crippen LogP contribution in [0.4, 0.5) is 5.69 Å². The fraction of sp³-hybridized carbons (Fsp3) is 0.143. The Hall–Kier alpha value is -1.98. The van der Waals surface area contributed by atoms with Crippen molar-refractivity contribution in [1.82, 2.24) is 4.98 Å². The maximum Gasteiger partial charge on any atom is 0.287 e. The van der Waals surface area contributed by atoms with E-state index in [1.165, 1.54) is 12.1 Å². The zero-order valence-corrected chi connectivity index (χ0v) is 6.73. The van der Waals surface area contributed by atoms with Crippen LogP contribution in [0.1, 0.15) is 5.69 Å². The van der Waals surface area contributed by atoms with E-state index in [2.05, 4.69) is 4.98 Å². The van der Waals surface area contributed by atoms with Gasteiger partial charge in [-0.05, 0) is 6.07 Å². The molecule has 0 unspecified atom stereocenters. The average molecular weight is 180 g/mol. The SMILES string of the molecule is N=C(N)Cc1ccc([N+](=O)[O-])cn1. The summed E-state index contributed by atoms with van der Waals surface area (Å²) < 4.78 is 0. The third-order valence-electron chi connectivity index (χ3n) is 1.39. The highest BCUT2D eigenvalue weighted by atomic mass is 16.6. The lowest BCUT2D eigenvalue weighted by molar-refractivity contribution is -0.385. The summed E-state index contributed by atoms with van der Waals surface area (Å²) in [7, 11) is 0. The van der Waals surface area contributed by atoms with E-state index in [1.807, 2.05) is 0 Å². The van der Waals surface area contributed by atoms with Crippen molar-refractivity contribution in [2.24, 2.45) is 5.73 Å². The van der Waals surface area contributed by atoms with Crippen molar-refractivity contribution in [3.05, 3.63) is 34.1 Å². The molecule has 6 nitrogen and oxygen atoms in total. The molecule has 1 aromatic rings. The van der Waals surface area contributed by atoms with Gasteiger partial charge in [-0.15, -0.1) is 0 Å². The number of hydrogen-bond donors (Lipinski definition) is 2. The van der Waals surface area contributed by atoms with E-state index in [9.17, 15) is 10.1 Å². The summed E-state index contributed by atoms with van der Waals surface area (Å²) in [6.45, 7) is 0. The Labute approximate surface area is 74.1 Å². The first kappa shape index (κ1) is 9.11. The van der Waals surface area contributed by atoms with E-state index in [4.69, 9.17) is 11.1 Å². The van der Waals surface area contributed by atoms with Gasteiger partial charge in [0.25, 0.3) is 5.69 Å². The Morgan fingerprint density at radius 2 is 2.38 bits per heavy atom. The smallest absolute Gasteiger partial charge is 0.287 e. The monoisotopic (exact) mass is 180 g/mol. The number of rotatable bonds is 3. The van der Waals surface area contributed by atoms with Crippen LogP contribution >= 0.6 is 0 Å². The number of aromatic nitrogens is 1. The molecule has 3 N–H and O–H groups in total. The van der Waals surface area contributed by atoms with Crippen molar-refractivity contribution < 1.29 is 4.92 Å². The van der Waals surface area contributed by atoms with Crippen LogP contribution in [0.3, 0.4) is 0 Å². The van der Waals surface area contributed by atoms with E-state index in [-0.39, 0.29) is 17.9 Å². The molecule has 13 heavy (non-hydrogen) atoms. The van der Waals surface area contributed by atoms with Crippen LogP contribution in [0, 0.1) is 15.5 Å².